The number of hydrogen-bond donors (Lipinski definition) is 2. The summed E-state index contributed by atoms with van der Waals surface area (Å²) in [6.07, 6.45) is 1.33. The summed E-state index contributed by atoms with van der Waals surface area (Å²) in [5.41, 5.74) is 3.50. The first-order valence-corrected chi connectivity index (χ1v) is 7.83. The molecule has 3 heteroatoms. The zero-order valence-corrected chi connectivity index (χ0v) is 13.4. The molecule has 1 unspecified atom stereocenters. The zero-order valence-electron chi connectivity index (χ0n) is 13.4. The lowest BCUT2D eigenvalue weighted by atomic mass is 10.0. The molecule has 0 saturated carbocycles. The minimum Gasteiger partial charge on any atom is -0.497 e. The van der Waals surface area contributed by atoms with Gasteiger partial charge in [0, 0.05) is 6.54 Å². The first-order chi connectivity index (χ1) is 10.7. The molecule has 2 aromatic carbocycles. The van der Waals surface area contributed by atoms with E-state index in [4.69, 9.17) is 4.74 Å². The van der Waals surface area contributed by atoms with E-state index in [1.807, 2.05) is 36.4 Å². The van der Waals surface area contributed by atoms with Crippen LogP contribution in [0.3, 0.4) is 0 Å². The van der Waals surface area contributed by atoms with Crippen LogP contribution < -0.4 is 10.1 Å². The average molecular weight is 299 g/mol. The second-order valence-corrected chi connectivity index (χ2v) is 5.42. The molecular weight excluding hydrogens is 274 g/mol. The van der Waals surface area contributed by atoms with E-state index in [9.17, 15) is 5.11 Å². The van der Waals surface area contributed by atoms with Gasteiger partial charge in [-0.15, -0.1) is 0 Å². The van der Waals surface area contributed by atoms with Crippen molar-refractivity contribution in [1.82, 2.24) is 5.32 Å². The van der Waals surface area contributed by atoms with Crippen molar-refractivity contribution in [3.8, 4) is 5.75 Å². The van der Waals surface area contributed by atoms with Gasteiger partial charge in [0.1, 0.15) is 5.75 Å². The summed E-state index contributed by atoms with van der Waals surface area (Å²) >= 11 is 0. The number of rotatable bonds is 8. The summed E-state index contributed by atoms with van der Waals surface area (Å²) < 4.78 is 5.14. The van der Waals surface area contributed by atoms with E-state index in [2.05, 4.69) is 24.4 Å². The number of hydrogen-bond acceptors (Lipinski definition) is 3. The van der Waals surface area contributed by atoms with Gasteiger partial charge in [0.15, 0.2) is 0 Å². The fraction of sp³-hybridized carbons (Fsp3) is 0.368. The normalized spacial score (nSPS) is 12.1. The minimum absolute atomic E-state index is 0.408. The van der Waals surface area contributed by atoms with Gasteiger partial charge in [0.2, 0.25) is 0 Å². The quantitative estimate of drug-likeness (QED) is 0.733. The maximum atomic E-state index is 10.2. The molecule has 2 N–H and O–H groups in total. The van der Waals surface area contributed by atoms with Crippen LogP contribution in [-0.2, 0) is 13.0 Å². The van der Waals surface area contributed by atoms with Gasteiger partial charge in [-0.2, -0.15) is 0 Å². The van der Waals surface area contributed by atoms with Crippen LogP contribution in [-0.4, -0.2) is 18.8 Å². The first kappa shape index (κ1) is 16.5. The van der Waals surface area contributed by atoms with Crippen molar-refractivity contribution in [3.05, 3.63) is 65.2 Å². The summed E-state index contributed by atoms with van der Waals surface area (Å²) in [4.78, 5) is 0. The summed E-state index contributed by atoms with van der Waals surface area (Å²) in [6.45, 7) is 3.71. The third-order valence-electron chi connectivity index (χ3n) is 3.86. The van der Waals surface area contributed by atoms with Gasteiger partial charge < -0.3 is 15.2 Å². The highest BCUT2D eigenvalue weighted by atomic mass is 16.5. The Balaban J connectivity index is 1.72. The van der Waals surface area contributed by atoms with Crippen LogP contribution in [0.15, 0.2) is 48.5 Å². The van der Waals surface area contributed by atoms with Crippen LogP contribution >= 0.6 is 0 Å². The van der Waals surface area contributed by atoms with Crippen LogP contribution in [0.5, 0.6) is 5.75 Å². The van der Waals surface area contributed by atoms with Gasteiger partial charge in [-0.3, -0.25) is 0 Å². The van der Waals surface area contributed by atoms with Crippen LogP contribution in [0.25, 0.3) is 0 Å². The topological polar surface area (TPSA) is 41.5 Å². The van der Waals surface area contributed by atoms with Gasteiger partial charge in [0.25, 0.3) is 0 Å². The lowest BCUT2D eigenvalue weighted by Gasteiger charge is -2.12. The molecule has 2 rings (SSSR count). The Bertz CT molecular complexity index is 549. The lowest BCUT2D eigenvalue weighted by Crippen LogP contribution is -2.17. The number of aryl methyl sites for hydroxylation is 1. The predicted molar refractivity (Wildman–Crippen MR) is 90.1 cm³/mol. The van der Waals surface area contributed by atoms with E-state index in [-0.39, 0.29) is 0 Å². The maximum Gasteiger partial charge on any atom is 0.118 e. The number of ether oxygens (including phenoxy) is 1. The number of nitrogens with one attached hydrogen (secondary N) is 1. The number of aliphatic hydroxyl groups is 1. The van der Waals surface area contributed by atoms with E-state index in [0.717, 1.165) is 30.8 Å². The zero-order chi connectivity index (χ0) is 15.8. The molecule has 0 spiro atoms. The standard InChI is InChI=1S/C19H25NO2/c1-3-15-4-8-17(9-5-15)19(21)12-13-20-14-16-6-10-18(22-2)11-7-16/h4-11,19-21H,3,12-14H2,1-2H3. The third-order valence-corrected chi connectivity index (χ3v) is 3.86. The molecule has 1 atom stereocenters. The van der Waals surface area contributed by atoms with Gasteiger partial charge in [-0.25, -0.2) is 0 Å². The second kappa shape index (κ2) is 8.57. The Morgan fingerprint density at radius 2 is 1.64 bits per heavy atom. The predicted octanol–water partition coefficient (Wildman–Crippen LogP) is 3.47. The molecule has 0 radical (unpaired) electrons. The molecular formula is C19H25NO2. The van der Waals surface area contributed by atoms with E-state index in [1.54, 1.807) is 7.11 Å². The molecule has 0 heterocycles. The van der Waals surface area contributed by atoms with Crippen LogP contribution in [0, 0.1) is 0 Å². The molecule has 0 amide bonds. The Hall–Kier alpha value is -1.84. The van der Waals surface area contributed by atoms with Crippen molar-refractivity contribution in [2.75, 3.05) is 13.7 Å². The summed E-state index contributed by atoms with van der Waals surface area (Å²) in [5.74, 6) is 0.870. The summed E-state index contributed by atoms with van der Waals surface area (Å²) in [5, 5.41) is 13.6. The van der Waals surface area contributed by atoms with Crippen molar-refractivity contribution in [2.24, 2.45) is 0 Å². The van der Waals surface area contributed by atoms with Crippen molar-refractivity contribution >= 4 is 0 Å². The minimum atomic E-state index is -0.408. The Morgan fingerprint density at radius 3 is 2.23 bits per heavy atom. The fourth-order valence-electron chi connectivity index (χ4n) is 2.36. The molecule has 0 saturated heterocycles. The molecule has 118 valence electrons. The van der Waals surface area contributed by atoms with Crippen LogP contribution in [0.4, 0.5) is 0 Å². The molecule has 3 nitrogen and oxygen atoms in total. The van der Waals surface area contributed by atoms with Crippen molar-refractivity contribution in [2.45, 2.75) is 32.4 Å². The van der Waals surface area contributed by atoms with Gasteiger partial charge in [-0.1, -0.05) is 43.3 Å². The monoisotopic (exact) mass is 299 g/mol. The number of benzene rings is 2. The maximum absolute atomic E-state index is 10.2. The van der Waals surface area contributed by atoms with Gasteiger partial charge in [-0.05, 0) is 48.2 Å². The Morgan fingerprint density at radius 1 is 1.00 bits per heavy atom. The lowest BCUT2D eigenvalue weighted by molar-refractivity contribution is 0.166. The summed E-state index contributed by atoms with van der Waals surface area (Å²) in [7, 11) is 1.67. The Labute approximate surface area is 133 Å². The van der Waals surface area contributed by atoms with Gasteiger partial charge >= 0.3 is 0 Å². The van der Waals surface area contributed by atoms with Crippen LogP contribution in [0.1, 0.15) is 36.1 Å². The van der Waals surface area contributed by atoms with Crippen molar-refractivity contribution in [1.29, 1.82) is 0 Å². The third kappa shape index (κ3) is 4.86. The van der Waals surface area contributed by atoms with E-state index in [0.29, 0.717) is 6.42 Å². The largest absolute Gasteiger partial charge is 0.497 e. The van der Waals surface area contributed by atoms with E-state index < -0.39 is 6.10 Å². The Kier molecular flexibility index (Phi) is 6.44. The average Bonchev–Trinajstić information content (AvgIpc) is 2.59. The fourth-order valence-corrected chi connectivity index (χ4v) is 2.36. The molecule has 0 bridgehead atoms. The molecule has 0 aliphatic carbocycles. The number of aliphatic hydroxyl groups excluding tert-OH is 1. The molecule has 0 aromatic heterocycles. The second-order valence-electron chi connectivity index (χ2n) is 5.42. The molecule has 0 fully saturated rings. The summed E-state index contributed by atoms with van der Waals surface area (Å²) in [6, 6.07) is 16.2. The molecule has 0 aliphatic rings. The highest BCUT2D eigenvalue weighted by molar-refractivity contribution is 5.27. The van der Waals surface area contributed by atoms with E-state index in [1.165, 1.54) is 11.1 Å². The number of methoxy groups -OCH3 is 1. The van der Waals surface area contributed by atoms with E-state index >= 15 is 0 Å². The van der Waals surface area contributed by atoms with Crippen molar-refractivity contribution in [3.63, 3.8) is 0 Å². The van der Waals surface area contributed by atoms with Gasteiger partial charge in [0.05, 0.1) is 13.2 Å². The first-order valence-electron chi connectivity index (χ1n) is 7.83. The van der Waals surface area contributed by atoms with Crippen LogP contribution in [0.2, 0.25) is 0 Å². The molecule has 2 aromatic rings. The SMILES string of the molecule is CCc1ccc(C(O)CCNCc2ccc(OC)cc2)cc1. The van der Waals surface area contributed by atoms with Crippen molar-refractivity contribution < 1.29 is 9.84 Å². The smallest absolute Gasteiger partial charge is 0.118 e. The highest BCUT2D eigenvalue weighted by Crippen LogP contribution is 2.17. The molecule has 0 aliphatic heterocycles. The highest BCUT2D eigenvalue weighted by Gasteiger charge is 2.06. The molecule has 22 heavy (non-hydrogen) atoms.